The molecule has 0 bridgehead atoms. The molecule has 0 heterocycles. The maximum atomic E-state index is 11.4. The molecule has 4 nitrogen and oxygen atoms in total. The molecule has 0 atom stereocenters. The van der Waals surface area contributed by atoms with Crippen LogP contribution in [0, 0.1) is 0 Å². The van der Waals surface area contributed by atoms with Crippen LogP contribution in [0.3, 0.4) is 0 Å². The molecule has 1 aromatic carbocycles. The second kappa shape index (κ2) is 7.71. The SMILES string of the molecule is CC(C)c1cccc(OCC(=O)NCCCN)c1. The zero-order valence-electron chi connectivity index (χ0n) is 11.1. The molecule has 1 aromatic rings. The van der Waals surface area contributed by atoms with E-state index in [1.54, 1.807) is 0 Å². The van der Waals surface area contributed by atoms with Crippen molar-refractivity contribution in [3.63, 3.8) is 0 Å². The van der Waals surface area contributed by atoms with E-state index in [4.69, 9.17) is 10.5 Å². The average molecular weight is 250 g/mol. The van der Waals surface area contributed by atoms with Crippen LogP contribution in [0.15, 0.2) is 24.3 Å². The number of amides is 1. The van der Waals surface area contributed by atoms with Crippen molar-refractivity contribution < 1.29 is 9.53 Å². The Labute approximate surface area is 109 Å². The van der Waals surface area contributed by atoms with E-state index in [1.165, 1.54) is 5.56 Å². The highest BCUT2D eigenvalue weighted by molar-refractivity contribution is 5.77. The van der Waals surface area contributed by atoms with Gasteiger partial charge in [-0.1, -0.05) is 26.0 Å². The molecule has 0 aromatic heterocycles. The third-order valence-electron chi connectivity index (χ3n) is 2.60. The number of nitrogens with two attached hydrogens (primary N) is 1. The number of ether oxygens (including phenoxy) is 1. The maximum Gasteiger partial charge on any atom is 0.257 e. The van der Waals surface area contributed by atoms with Crippen molar-refractivity contribution in [3.8, 4) is 5.75 Å². The van der Waals surface area contributed by atoms with Gasteiger partial charge >= 0.3 is 0 Å². The zero-order valence-corrected chi connectivity index (χ0v) is 11.1. The molecule has 3 N–H and O–H groups in total. The molecule has 0 spiro atoms. The van der Waals surface area contributed by atoms with Gasteiger partial charge in [-0.15, -0.1) is 0 Å². The van der Waals surface area contributed by atoms with Gasteiger partial charge in [-0.05, 0) is 36.6 Å². The van der Waals surface area contributed by atoms with Crippen molar-refractivity contribution in [1.82, 2.24) is 5.32 Å². The average Bonchev–Trinajstić information content (AvgIpc) is 2.37. The molecule has 0 unspecified atom stereocenters. The van der Waals surface area contributed by atoms with E-state index >= 15 is 0 Å². The molecule has 18 heavy (non-hydrogen) atoms. The van der Waals surface area contributed by atoms with Crippen LogP contribution >= 0.6 is 0 Å². The van der Waals surface area contributed by atoms with Crippen molar-refractivity contribution in [3.05, 3.63) is 29.8 Å². The Morgan fingerprint density at radius 1 is 1.44 bits per heavy atom. The molecule has 0 aliphatic heterocycles. The van der Waals surface area contributed by atoms with E-state index in [9.17, 15) is 4.79 Å². The molecule has 4 heteroatoms. The summed E-state index contributed by atoms with van der Waals surface area (Å²) in [4.78, 5) is 11.4. The van der Waals surface area contributed by atoms with Crippen LogP contribution in [0.5, 0.6) is 5.75 Å². The Morgan fingerprint density at radius 2 is 2.22 bits per heavy atom. The Kier molecular flexibility index (Phi) is 6.22. The molecule has 0 fully saturated rings. The topological polar surface area (TPSA) is 64.3 Å². The highest BCUT2D eigenvalue weighted by Crippen LogP contribution is 2.19. The smallest absolute Gasteiger partial charge is 0.257 e. The van der Waals surface area contributed by atoms with Gasteiger partial charge < -0.3 is 15.8 Å². The minimum Gasteiger partial charge on any atom is -0.484 e. The van der Waals surface area contributed by atoms with Crippen molar-refractivity contribution >= 4 is 5.91 Å². The fraction of sp³-hybridized carbons (Fsp3) is 0.500. The lowest BCUT2D eigenvalue weighted by Crippen LogP contribution is -2.30. The lowest BCUT2D eigenvalue weighted by molar-refractivity contribution is -0.123. The summed E-state index contributed by atoms with van der Waals surface area (Å²) in [5, 5.41) is 2.75. The van der Waals surface area contributed by atoms with Gasteiger partial charge in [0.2, 0.25) is 0 Å². The summed E-state index contributed by atoms with van der Waals surface area (Å²) in [6.07, 6.45) is 0.786. The van der Waals surface area contributed by atoms with Crippen LogP contribution in [0.25, 0.3) is 0 Å². The number of carbonyl (C=O) groups is 1. The summed E-state index contributed by atoms with van der Waals surface area (Å²) >= 11 is 0. The van der Waals surface area contributed by atoms with E-state index < -0.39 is 0 Å². The fourth-order valence-corrected chi connectivity index (χ4v) is 1.49. The van der Waals surface area contributed by atoms with Gasteiger partial charge in [0.25, 0.3) is 5.91 Å². The van der Waals surface area contributed by atoms with Gasteiger partial charge in [0, 0.05) is 6.54 Å². The van der Waals surface area contributed by atoms with Crippen LogP contribution in [-0.4, -0.2) is 25.6 Å². The van der Waals surface area contributed by atoms with Crippen LogP contribution < -0.4 is 15.8 Å². The van der Waals surface area contributed by atoms with Crippen molar-refractivity contribution in [1.29, 1.82) is 0 Å². The van der Waals surface area contributed by atoms with Crippen LogP contribution in [0.1, 0.15) is 31.7 Å². The summed E-state index contributed by atoms with van der Waals surface area (Å²) < 4.78 is 5.45. The highest BCUT2D eigenvalue weighted by atomic mass is 16.5. The first-order valence-electron chi connectivity index (χ1n) is 6.33. The molecule has 1 rings (SSSR count). The Morgan fingerprint density at radius 3 is 2.89 bits per heavy atom. The number of benzene rings is 1. The molecular weight excluding hydrogens is 228 g/mol. The van der Waals surface area contributed by atoms with Crippen molar-refractivity contribution in [2.24, 2.45) is 5.73 Å². The lowest BCUT2D eigenvalue weighted by atomic mass is 10.0. The number of carbonyl (C=O) groups excluding carboxylic acids is 1. The van der Waals surface area contributed by atoms with Gasteiger partial charge in [-0.25, -0.2) is 0 Å². The third-order valence-corrected chi connectivity index (χ3v) is 2.60. The molecule has 0 saturated carbocycles. The first-order chi connectivity index (χ1) is 8.63. The largest absolute Gasteiger partial charge is 0.484 e. The monoisotopic (exact) mass is 250 g/mol. The second-order valence-electron chi connectivity index (χ2n) is 4.51. The normalized spacial score (nSPS) is 10.4. The highest BCUT2D eigenvalue weighted by Gasteiger charge is 2.04. The third kappa shape index (κ3) is 5.19. The summed E-state index contributed by atoms with van der Waals surface area (Å²) in [6.45, 7) is 5.48. The van der Waals surface area contributed by atoms with E-state index in [0.717, 1.165) is 12.2 Å². The second-order valence-corrected chi connectivity index (χ2v) is 4.51. The number of hydrogen-bond donors (Lipinski definition) is 2. The fourth-order valence-electron chi connectivity index (χ4n) is 1.49. The lowest BCUT2D eigenvalue weighted by Gasteiger charge is -2.10. The minimum absolute atomic E-state index is 0.0477. The van der Waals surface area contributed by atoms with Crippen LogP contribution in [-0.2, 0) is 4.79 Å². The van der Waals surface area contributed by atoms with E-state index in [0.29, 0.717) is 19.0 Å². The van der Waals surface area contributed by atoms with Gasteiger partial charge in [-0.2, -0.15) is 0 Å². The van der Waals surface area contributed by atoms with Crippen LogP contribution in [0.4, 0.5) is 0 Å². The maximum absolute atomic E-state index is 11.4. The molecular formula is C14H22N2O2. The van der Waals surface area contributed by atoms with Gasteiger partial charge in [-0.3, -0.25) is 4.79 Å². The van der Waals surface area contributed by atoms with Gasteiger partial charge in [0.1, 0.15) is 5.75 Å². The molecule has 1 amide bonds. The minimum atomic E-state index is -0.113. The van der Waals surface area contributed by atoms with E-state index in [-0.39, 0.29) is 12.5 Å². The van der Waals surface area contributed by atoms with E-state index in [2.05, 4.69) is 25.2 Å². The first-order valence-corrected chi connectivity index (χ1v) is 6.33. The van der Waals surface area contributed by atoms with Crippen molar-refractivity contribution in [2.45, 2.75) is 26.2 Å². The van der Waals surface area contributed by atoms with Crippen molar-refractivity contribution in [2.75, 3.05) is 19.7 Å². The molecule has 0 aliphatic rings. The quantitative estimate of drug-likeness (QED) is 0.723. The zero-order chi connectivity index (χ0) is 13.4. The van der Waals surface area contributed by atoms with Crippen LogP contribution in [0.2, 0.25) is 0 Å². The predicted molar refractivity (Wildman–Crippen MR) is 72.7 cm³/mol. The van der Waals surface area contributed by atoms with Gasteiger partial charge in [0.05, 0.1) is 0 Å². The summed E-state index contributed by atoms with van der Waals surface area (Å²) in [5.74, 6) is 1.07. The first kappa shape index (κ1) is 14.5. The molecule has 0 radical (unpaired) electrons. The molecule has 0 saturated heterocycles. The van der Waals surface area contributed by atoms with E-state index in [1.807, 2.05) is 18.2 Å². The Balaban J connectivity index is 2.38. The summed E-state index contributed by atoms with van der Waals surface area (Å²) in [6, 6.07) is 7.83. The van der Waals surface area contributed by atoms with Gasteiger partial charge in [0.15, 0.2) is 6.61 Å². The summed E-state index contributed by atoms with van der Waals surface area (Å²) in [7, 11) is 0. The molecule has 100 valence electrons. The number of hydrogen-bond acceptors (Lipinski definition) is 3. The standard InChI is InChI=1S/C14H22N2O2/c1-11(2)12-5-3-6-13(9-12)18-10-14(17)16-8-4-7-15/h3,5-6,9,11H,4,7-8,10,15H2,1-2H3,(H,16,17). The number of nitrogens with one attached hydrogen (secondary N) is 1. The Bertz CT molecular complexity index is 378. The predicted octanol–water partition coefficient (Wildman–Crippen LogP) is 1.65. The number of rotatable bonds is 7. The molecule has 0 aliphatic carbocycles. The summed E-state index contributed by atoms with van der Waals surface area (Å²) in [5.41, 5.74) is 6.55. The Hall–Kier alpha value is -1.55.